The zero-order valence-electron chi connectivity index (χ0n) is 18.5. The van der Waals surface area contributed by atoms with Gasteiger partial charge in [0.25, 0.3) is 5.91 Å². The molecule has 6 nitrogen and oxygen atoms in total. The molecule has 11 heteroatoms. The van der Waals surface area contributed by atoms with Crippen molar-refractivity contribution in [3.63, 3.8) is 0 Å². The lowest BCUT2D eigenvalue weighted by Gasteiger charge is -2.35. The van der Waals surface area contributed by atoms with Crippen LogP contribution in [0.4, 0.5) is 13.2 Å². The summed E-state index contributed by atoms with van der Waals surface area (Å²) < 4.78 is 38.9. The predicted molar refractivity (Wildman–Crippen MR) is 129 cm³/mol. The van der Waals surface area contributed by atoms with Gasteiger partial charge in [-0.15, -0.1) is 11.8 Å². The number of rotatable bonds is 1. The standard InChI is InChI=1S/C14H11ClS.C10H10F3N3O3/c15-13-6-5-11-7-10-3-1-2-4-12(10)9-16-14(11)8-13;1-5(10(11,12)13)15-4-14-16-3-2-6(17)8(18)7(16)9(15)19/h1-6,8H,7,9H2;2-3,5,14,18H,4H2,1H3/t;5-/m.1/s1. The Morgan fingerprint density at radius 1 is 1.09 bits per heavy atom. The van der Waals surface area contributed by atoms with Crippen LogP contribution in [0.5, 0.6) is 5.75 Å². The minimum absolute atomic E-state index is 0.380. The zero-order valence-corrected chi connectivity index (χ0v) is 20.0. The van der Waals surface area contributed by atoms with Crippen molar-refractivity contribution in [1.29, 1.82) is 0 Å². The third-order valence-electron chi connectivity index (χ3n) is 5.80. The Hall–Kier alpha value is -3.11. The van der Waals surface area contributed by atoms with Gasteiger partial charge in [0.2, 0.25) is 5.43 Å². The van der Waals surface area contributed by atoms with E-state index in [2.05, 4.69) is 41.8 Å². The lowest BCUT2D eigenvalue weighted by atomic mass is 10.0. The number of carbonyl (C=O) groups is 1. The van der Waals surface area contributed by atoms with E-state index in [1.54, 1.807) is 0 Å². The smallest absolute Gasteiger partial charge is 0.408 e. The molecule has 1 amide bonds. The van der Waals surface area contributed by atoms with Crippen molar-refractivity contribution >= 4 is 29.3 Å². The van der Waals surface area contributed by atoms with Gasteiger partial charge in [-0.3, -0.25) is 14.3 Å². The zero-order chi connectivity index (χ0) is 25.3. The second kappa shape index (κ2) is 9.87. The number of hydrogen-bond acceptors (Lipinski definition) is 5. The molecular formula is C24H21ClF3N3O3S. The number of nitrogens with one attached hydrogen (secondary N) is 1. The highest BCUT2D eigenvalue weighted by Gasteiger charge is 2.44. The summed E-state index contributed by atoms with van der Waals surface area (Å²) in [5.74, 6) is -0.887. The van der Waals surface area contributed by atoms with Crippen molar-refractivity contribution in [2.75, 3.05) is 12.1 Å². The highest BCUT2D eigenvalue weighted by molar-refractivity contribution is 7.98. The van der Waals surface area contributed by atoms with E-state index in [4.69, 9.17) is 11.6 Å². The van der Waals surface area contributed by atoms with Crippen LogP contribution in [0.2, 0.25) is 5.02 Å². The maximum absolute atomic E-state index is 12.6. The summed E-state index contributed by atoms with van der Waals surface area (Å²) in [4.78, 5) is 25.0. The molecule has 0 fully saturated rings. The number of amides is 1. The van der Waals surface area contributed by atoms with E-state index in [0.717, 1.165) is 34.9 Å². The predicted octanol–water partition coefficient (Wildman–Crippen LogP) is 5.00. The van der Waals surface area contributed by atoms with E-state index < -0.39 is 35.0 Å². The Balaban J connectivity index is 0.000000167. The molecule has 0 spiro atoms. The lowest BCUT2D eigenvalue weighted by Crippen LogP contribution is -2.54. The Bertz CT molecular complexity index is 1330. The molecule has 2 N–H and O–H groups in total. The number of carbonyl (C=O) groups excluding carboxylic acids is 1. The van der Waals surface area contributed by atoms with Crippen LogP contribution in [0.3, 0.4) is 0 Å². The molecule has 2 aromatic carbocycles. The van der Waals surface area contributed by atoms with Crippen LogP contribution >= 0.6 is 23.4 Å². The Kier molecular flexibility index (Phi) is 7.05. The maximum Gasteiger partial charge on any atom is 0.408 e. The molecule has 0 bridgehead atoms. The first-order valence-electron chi connectivity index (χ1n) is 10.6. The van der Waals surface area contributed by atoms with Crippen molar-refractivity contribution in [3.05, 3.63) is 92.4 Å². The van der Waals surface area contributed by atoms with Gasteiger partial charge in [-0.25, -0.2) is 0 Å². The fraction of sp³-hybridized carbons (Fsp3) is 0.250. The highest BCUT2D eigenvalue weighted by Crippen LogP contribution is 2.35. The van der Waals surface area contributed by atoms with Crippen molar-refractivity contribution in [2.45, 2.75) is 36.2 Å². The third kappa shape index (κ3) is 5.28. The SMILES string of the molecule is C[C@@H](N1CNn2ccc(=O)c(O)c2C1=O)C(F)(F)F.Clc1ccc2c(c1)SCc1ccccc1C2. The summed E-state index contributed by atoms with van der Waals surface area (Å²) in [6.07, 6.45) is -2.40. The number of hydrogen-bond donors (Lipinski definition) is 2. The molecule has 184 valence electrons. The molecule has 2 aliphatic heterocycles. The van der Waals surface area contributed by atoms with Crippen LogP contribution in [0.1, 0.15) is 34.1 Å². The van der Waals surface area contributed by atoms with Gasteiger partial charge in [0, 0.05) is 27.9 Å². The second-order valence-electron chi connectivity index (χ2n) is 8.04. The number of pyridine rings is 1. The summed E-state index contributed by atoms with van der Waals surface area (Å²) in [6.45, 7) is 0.447. The van der Waals surface area contributed by atoms with Gasteiger partial charge in [0.15, 0.2) is 11.4 Å². The number of fused-ring (bicyclic) bond motifs is 3. The molecule has 0 aliphatic carbocycles. The number of aromatic nitrogens is 1. The van der Waals surface area contributed by atoms with E-state index in [0.29, 0.717) is 4.90 Å². The number of alkyl halides is 3. The maximum atomic E-state index is 12.6. The van der Waals surface area contributed by atoms with Crippen LogP contribution < -0.4 is 10.9 Å². The van der Waals surface area contributed by atoms with E-state index in [-0.39, 0.29) is 6.67 Å². The largest absolute Gasteiger partial charge is 0.502 e. The summed E-state index contributed by atoms with van der Waals surface area (Å²) in [5, 5.41) is 10.3. The van der Waals surface area contributed by atoms with Crippen LogP contribution in [0, 0.1) is 0 Å². The minimum Gasteiger partial charge on any atom is -0.502 e. The van der Waals surface area contributed by atoms with Crippen LogP contribution in [-0.4, -0.2) is 39.5 Å². The summed E-state index contributed by atoms with van der Waals surface area (Å²) in [5.41, 5.74) is 5.43. The van der Waals surface area contributed by atoms with Crippen molar-refractivity contribution in [3.8, 4) is 5.75 Å². The summed E-state index contributed by atoms with van der Waals surface area (Å²) in [6, 6.07) is 13.8. The molecule has 0 unspecified atom stereocenters. The number of nitrogens with zero attached hydrogens (tertiary/aromatic N) is 2. The topological polar surface area (TPSA) is 74.6 Å². The van der Waals surface area contributed by atoms with E-state index in [1.807, 2.05) is 17.8 Å². The molecule has 3 heterocycles. The molecule has 2 aliphatic rings. The van der Waals surface area contributed by atoms with Gasteiger partial charge < -0.3 is 15.4 Å². The van der Waals surface area contributed by atoms with Crippen LogP contribution in [0.15, 0.2) is 64.4 Å². The molecule has 1 atom stereocenters. The first-order valence-corrected chi connectivity index (χ1v) is 12.0. The summed E-state index contributed by atoms with van der Waals surface area (Å²) >= 11 is 7.91. The van der Waals surface area contributed by atoms with E-state index in [9.17, 15) is 27.9 Å². The van der Waals surface area contributed by atoms with Crippen LogP contribution in [-0.2, 0) is 12.2 Å². The highest BCUT2D eigenvalue weighted by atomic mass is 35.5. The van der Waals surface area contributed by atoms with Crippen molar-refractivity contribution < 1.29 is 23.1 Å². The number of halogens is 4. The Labute approximate surface area is 208 Å². The van der Waals surface area contributed by atoms with Gasteiger partial charge in [-0.05, 0) is 42.2 Å². The third-order valence-corrected chi connectivity index (χ3v) is 7.18. The molecule has 0 saturated heterocycles. The van der Waals surface area contributed by atoms with Crippen LogP contribution in [0.25, 0.3) is 0 Å². The molecule has 1 aromatic heterocycles. The van der Waals surface area contributed by atoms with E-state index >= 15 is 0 Å². The lowest BCUT2D eigenvalue weighted by molar-refractivity contribution is -0.172. The molecular weight excluding hydrogens is 503 g/mol. The quantitative estimate of drug-likeness (QED) is 0.470. The molecule has 0 radical (unpaired) electrons. The molecule has 0 saturated carbocycles. The van der Waals surface area contributed by atoms with Crippen molar-refractivity contribution in [1.82, 2.24) is 9.58 Å². The van der Waals surface area contributed by atoms with Gasteiger partial charge in [0.1, 0.15) is 12.7 Å². The molecule has 3 aromatic rings. The normalized spacial score (nSPS) is 15.5. The average Bonchev–Trinajstić information content (AvgIpc) is 3.00. The minimum atomic E-state index is -4.59. The van der Waals surface area contributed by atoms with Gasteiger partial charge in [0.05, 0.1) is 0 Å². The number of thioether (sulfide) groups is 1. The number of benzene rings is 2. The second-order valence-corrected chi connectivity index (χ2v) is 9.50. The molecule has 35 heavy (non-hydrogen) atoms. The fourth-order valence-electron chi connectivity index (χ4n) is 3.75. The van der Waals surface area contributed by atoms with Gasteiger partial charge in [-0.1, -0.05) is 41.9 Å². The van der Waals surface area contributed by atoms with Gasteiger partial charge >= 0.3 is 6.18 Å². The Morgan fingerprint density at radius 3 is 2.51 bits per heavy atom. The molecule has 5 rings (SSSR count). The fourth-order valence-corrected chi connectivity index (χ4v) is 5.12. The Morgan fingerprint density at radius 2 is 1.80 bits per heavy atom. The van der Waals surface area contributed by atoms with Crippen molar-refractivity contribution in [2.24, 2.45) is 0 Å². The van der Waals surface area contributed by atoms with E-state index in [1.165, 1.54) is 27.8 Å². The first kappa shape index (κ1) is 25.0. The number of aromatic hydroxyl groups is 1. The first-order chi connectivity index (χ1) is 16.6. The summed E-state index contributed by atoms with van der Waals surface area (Å²) in [7, 11) is 0. The average molecular weight is 524 g/mol. The van der Waals surface area contributed by atoms with Gasteiger partial charge in [-0.2, -0.15) is 13.2 Å². The monoisotopic (exact) mass is 523 g/mol.